The maximum absolute atomic E-state index is 5.92. The molecule has 0 saturated carbocycles. The van der Waals surface area contributed by atoms with Gasteiger partial charge < -0.3 is 9.47 Å². The van der Waals surface area contributed by atoms with Crippen LogP contribution in [0.2, 0.25) is 0 Å². The summed E-state index contributed by atoms with van der Waals surface area (Å²) in [6.45, 7) is 3.89. The molecule has 26 heavy (non-hydrogen) atoms. The van der Waals surface area contributed by atoms with Crippen LogP contribution in [0.25, 0.3) is 11.0 Å². The second-order valence-corrected chi connectivity index (χ2v) is 5.92. The molecule has 6 heteroatoms. The van der Waals surface area contributed by atoms with Crippen molar-refractivity contribution in [3.05, 3.63) is 72.3 Å². The molecule has 0 saturated heterocycles. The Kier molecular flexibility index (Phi) is 4.15. The van der Waals surface area contributed by atoms with Crippen LogP contribution >= 0.6 is 0 Å². The molecule has 0 bridgehead atoms. The van der Waals surface area contributed by atoms with E-state index in [2.05, 4.69) is 19.9 Å². The lowest BCUT2D eigenvalue weighted by atomic mass is 10.3. The predicted molar refractivity (Wildman–Crippen MR) is 97.6 cm³/mol. The van der Waals surface area contributed by atoms with Crippen molar-refractivity contribution in [1.82, 2.24) is 19.9 Å². The van der Waals surface area contributed by atoms with Gasteiger partial charge in [-0.05, 0) is 49.2 Å². The minimum absolute atomic E-state index is 0.276. The first kappa shape index (κ1) is 16.0. The van der Waals surface area contributed by atoms with E-state index in [1.807, 2.05) is 50.2 Å². The minimum atomic E-state index is 0.276. The fourth-order valence-electron chi connectivity index (χ4n) is 2.49. The molecule has 0 radical (unpaired) electrons. The lowest BCUT2D eigenvalue weighted by Crippen LogP contribution is -1.98. The van der Waals surface area contributed by atoms with Crippen LogP contribution in [-0.4, -0.2) is 19.9 Å². The molecule has 0 spiro atoms. The summed E-state index contributed by atoms with van der Waals surface area (Å²) in [6, 6.07) is 11.3. The van der Waals surface area contributed by atoms with Gasteiger partial charge in [0.2, 0.25) is 0 Å². The van der Waals surface area contributed by atoms with Crippen LogP contribution < -0.4 is 9.47 Å². The highest BCUT2D eigenvalue weighted by molar-refractivity contribution is 5.75. The number of rotatable bonds is 4. The van der Waals surface area contributed by atoms with Crippen LogP contribution in [0, 0.1) is 13.8 Å². The molecule has 0 amide bonds. The number of hydrogen-bond donors (Lipinski definition) is 0. The fourth-order valence-corrected chi connectivity index (χ4v) is 2.49. The smallest absolute Gasteiger partial charge is 0.284 e. The SMILES string of the molecule is Cc1cncc(Oc2nc3ccccc3nc2Oc2cncc(C)c2)c1. The molecule has 3 heterocycles. The third-order valence-corrected chi connectivity index (χ3v) is 3.64. The summed E-state index contributed by atoms with van der Waals surface area (Å²) in [5.41, 5.74) is 3.42. The van der Waals surface area contributed by atoms with E-state index in [9.17, 15) is 0 Å². The van der Waals surface area contributed by atoms with Gasteiger partial charge in [0.25, 0.3) is 11.8 Å². The van der Waals surface area contributed by atoms with E-state index >= 15 is 0 Å². The van der Waals surface area contributed by atoms with Crippen LogP contribution in [0.1, 0.15) is 11.1 Å². The van der Waals surface area contributed by atoms with Gasteiger partial charge in [-0.25, -0.2) is 9.97 Å². The second kappa shape index (κ2) is 6.76. The number of aryl methyl sites for hydroxylation is 2. The number of nitrogens with zero attached hydrogens (tertiary/aromatic N) is 4. The zero-order valence-corrected chi connectivity index (χ0v) is 14.4. The molecule has 3 aromatic heterocycles. The van der Waals surface area contributed by atoms with Gasteiger partial charge >= 0.3 is 0 Å². The number of hydrogen-bond acceptors (Lipinski definition) is 6. The summed E-state index contributed by atoms with van der Waals surface area (Å²) >= 11 is 0. The molecule has 1 aromatic carbocycles. The van der Waals surface area contributed by atoms with Crippen molar-refractivity contribution in [3.8, 4) is 23.3 Å². The molecule has 128 valence electrons. The van der Waals surface area contributed by atoms with Crippen LogP contribution in [0.3, 0.4) is 0 Å². The summed E-state index contributed by atoms with van der Waals surface area (Å²) < 4.78 is 11.8. The first-order chi connectivity index (χ1) is 12.7. The number of pyridine rings is 2. The van der Waals surface area contributed by atoms with Crippen molar-refractivity contribution in [3.63, 3.8) is 0 Å². The first-order valence-corrected chi connectivity index (χ1v) is 8.13. The number of aromatic nitrogens is 4. The van der Waals surface area contributed by atoms with E-state index < -0.39 is 0 Å². The van der Waals surface area contributed by atoms with Crippen LogP contribution in [0.5, 0.6) is 23.3 Å². The van der Waals surface area contributed by atoms with Crippen molar-refractivity contribution in [2.75, 3.05) is 0 Å². The van der Waals surface area contributed by atoms with Gasteiger partial charge in [0, 0.05) is 12.4 Å². The molecule has 0 unspecified atom stereocenters. The molecule has 0 N–H and O–H groups in total. The van der Waals surface area contributed by atoms with E-state index in [1.54, 1.807) is 24.8 Å². The van der Waals surface area contributed by atoms with Gasteiger partial charge in [-0.3, -0.25) is 9.97 Å². The molecule has 4 rings (SSSR count). The van der Waals surface area contributed by atoms with Crippen molar-refractivity contribution >= 4 is 11.0 Å². The molecule has 6 nitrogen and oxygen atoms in total. The molecule has 0 fully saturated rings. The molecule has 0 atom stereocenters. The normalized spacial score (nSPS) is 10.7. The van der Waals surface area contributed by atoms with E-state index in [0.29, 0.717) is 11.5 Å². The van der Waals surface area contributed by atoms with Gasteiger partial charge in [-0.15, -0.1) is 0 Å². The zero-order chi connectivity index (χ0) is 17.9. The van der Waals surface area contributed by atoms with E-state index in [1.165, 1.54) is 0 Å². The summed E-state index contributed by atoms with van der Waals surface area (Å²) in [4.78, 5) is 17.4. The Hall–Kier alpha value is -3.54. The Balaban J connectivity index is 1.78. The quantitative estimate of drug-likeness (QED) is 0.538. The Bertz CT molecular complexity index is 996. The highest BCUT2D eigenvalue weighted by Gasteiger charge is 2.14. The molecular formula is C20H16N4O2. The lowest BCUT2D eigenvalue weighted by Gasteiger charge is -2.11. The van der Waals surface area contributed by atoms with Crippen LogP contribution in [0.4, 0.5) is 0 Å². The van der Waals surface area contributed by atoms with E-state index in [-0.39, 0.29) is 11.8 Å². The number of ether oxygens (including phenoxy) is 2. The number of para-hydroxylation sites is 2. The first-order valence-electron chi connectivity index (χ1n) is 8.13. The standard InChI is InChI=1S/C20H16N4O2/c1-13-7-15(11-21-9-13)25-19-20(26-16-8-14(2)10-22-12-16)24-18-6-4-3-5-17(18)23-19/h3-12H,1-2H3. The Labute approximate surface area is 150 Å². The number of benzene rings is 1. The molecule has 0 aliphatic carbocycles. The monoisotopic (exact) mass is 344 g/mol. The molecule has 0 aliphatic heterocycles. The summed E-state index contributed by atoms with van der Waals surface area (Å²) in [5, 5.41) is 0. The average molecular weight is 344 g/mol. The van der Waals surface area contributed by atoms with Crippen LogP contribution in [0.15, 0.2) is 61.2 Å². The Morgan fingerprint density at radius 2 is 1.12 bits per heavy atom. The van der Waals surface area contributed by atoms with Crippen LogP contribution in [-0.2, 0) is 0 Å². The van der Waals surface area contributed by atoms with Gasteiger partial charge in [-0.1, -0.05) is 12.1 Å². The van der Waals surface area contributed by atoms with Gasteiger partial charge in [0.1, 0.15) is 11.5 Å². The van der Waals surface area contributed by atoms with Crippen molar-refractivity contribution in [1.29, 1.82) is 0 Å². The van der Waals surface area contributed by atoms with E-state index in [0.717, 1.165) is 22.2 Å². The minimum Gasteiger partial charge on any atom is -0.433 e. The van der Waals surface area contributed by atoms with E-state index in [4.69, 9.17) is 9.47 Å². The topological polar surface area (TPSA) is 70.0 Å². The Morgan fingerprint density at radius 3 is 1.54 bits per heavy atom. The second-order valence-electron chi connectivity index (χ2n) is 5.92. The average Bonchev–Trinajstić information content (AvgIpc) is 2.62. The molecule has 4 aromatic rings. The highest BCUT2D eigenvalue weighted by Crippen LogP contribution is 2.33. The van der Waals surface area contributed by atoms with Gasteiger partial charge in [0.05, 0.1) is 23.4 Å². The zero-order valence-electron chi connectivity index (χ0n) is 14.4. The predicted octanol–water partition coefficient (Wildman–Crippen LogP) is 4.62. The molecular weight excluding hydrogens is 328 g/mol. The summed E-state index contributed by atoms with van der Waals surface area (Å²) in [6.07, 6.45) is 6.77. The third kappa shape index (κ3) is 3.44. The summed E-state index contributed by atoms with van der Waals surface area (Å²) in [5.74, 6) is 1.69. The highest BCUT2D eigenvalue weighted by atomic mass is 16.5. The van der Waals surface area contributed by atoms with Crippen molar-refractivity contribution < 1.29 is 9.47 Å². The summed E-state index contributed by atoms with van der Waals surface area (Å²) in [7, 11) is 0. The Morgan fingerprint density at radius 1 is 0.654 bits per heavy atom. The lowest BCUT2D eigenvalue weighted by molar-refractivity contribution is 0.393. The fraction of sp³-hybridized carbons (Fsp3) is 0.100. The maximum atomic E-state index is 5.92. The van der Waals surface area contributed by atoms with Crippen molar-refractivity contribution in [2.24, 2.45) is 0 Å². The third-order valence-electron chi connectivity index (χ3n) is 3.64. The van der Waals surface area contributed by atoms with Crippen molar-refractivity contribution in [2.45, 2.75) is 13.8 Å². The maximum Gasteiger partial charge on any atom is 0.284 e. The molecule has 0 aliphatic rings. The van der Waals surface area contributed by atoms with Gasteiger partial charge in [0.15, 0.2) is 0 Å². The number of fused-ring (bicyclic) bond motifs is 1. The largest absolute Gasteiger partial charge is 0.433 e. The van der Waals surface area contributed by atoms with Gasteiger partial charge in [-0.2, -0.15) is 0 Å².